The number of hydrogen-bond donors (Lipinski definition) is 2. The summed E-state index contributed by atoms with van der Waals surface area (Å²) in [7, 11) is 1.84. The van der Waals surface area contributed by atoms with Gasteiger partial charge in [0.15, 0.2) is 5.65 Å². The number of imidazole rings is 1. The second kappa shape index (κ2) is 5.72. The van der Waals surface area contributed by atoms with Gasteiger partial charge >= 0.3 is 0 Å². The highest BCUT2D eigenvalue weighted by Gasteiger charge is 2.36. The minimum absolute atomic E-state index is 0.191. The van der Waals surface area contributed by atoms with E-state index in [4.69, 9.17) is 0 Å². The summed E-state index contributed by atoms with van der Waals surface area (Å²) in [6.45, 7) is 0. The van der Waals surface area contributed by atoms with Crippen LogP contribution in [-0.4, -0.2) is 41.5 Å². The maximum absolute atomic E-state index is 12.7. The predicted molar refractivity (Wildman–Crippen MR) is 85.1 cm³/mol. The lowest BCUT2D eigenvalue weighted by Gasteiger charge is -2.37. The van der Waals surface area contributed by atoms with Crippen LogP contribution in [0.15, 0.2) is 36.9 Å². The molecule has 1 amide bonds. The average Bonchev–Trinajstić information content (AvgIpc) is 3.16. The van der Waals surface area contributed by atoms with Crippen molar-refractivity contribution in [3.8, 4) is 0 Å². The molecule has 0 spiro atoms. The Morgan fingerprint density at radius 1 is 1.38 bits per heavy atom. The third-order valence-electron chi connectivity index (χ3n) is 4.50. The molecule has 0 unspecified atom stereocenters. The molecule has 1 fully saturated rings. The highest BCUT2D eigenvalue weighted by Crippen LogP contribution is 2.38. The Hall–Kier alpha value is -2.74. The Balaban J connectivity index is 1.61. The number of aliphatic hydroxyl groups excluding tert-OH is 1. The molecular weight excluding hydrogens is 308 g/mol. The Kier molecular flexibility index (Phi) is 3.53. The van der Waals surface area contributed by atoms with E-state index >= 15 is 0 Å². The SMILES string of the molecule is Cn1cc([C@@H](NC(=O)c2cnc3cccnn23)C2CC(O)C2)cn1. The molecule has 8 nitrogen and oxygen atoms in total. The van der Waals surface area contributed by atoms with Gasteiger partial charge in [-0.15, -0.1) is 0 Å². The Labute approximate surface area is 138 Å². The standard InChI is InChI=1S/C16H18N6O2/c1-21-9-11(7-19-21)15(10-5-12(23)6-10)20-16(24)13-8-17-14-3-2-4-18-22(13)14/h2-4,7-10,12,15,23H,5-6H2,1H3,(H,20,24)/t10?,12?,15-/m0/s1. The number of hydrogen-bond acceptors (Lipinski definition) is 5. The number of aryl methyl sites for hydroxylation is 1. The molecular formula is C16H18N6O2. The third kappa shape index (κ3) is 2.54. The van der Waals surface area contributed by atoms with Gasteiger partial charge in [-0.3, -0.25) is 9.48 Å². The molecule has 1 aliphatic rings. The minimum Gasteiger partial charge on any atom is -0.393 e. The van der Waals surface area contributed by atoms with Crippen LogP contribution in [-0.2, 0) is 7.05 Å². The van der Waals surface area contributed by atoms with E-state index in [0.717, 1.165) is 5.56 Å². The quantitative estimate of drug-likeness (QED) is 0.736. The van der Waals surface area contributed by atoms with E-state index in [1.165, 1.54) is 10.7 Å². The summed E-state index contributed by atoms with van der Waals surface area (Å²) in [4.78, 5) is 16.9. The van der Waals surface area contributed by atoms with E-state index in [0.29, 0.717) is 24.2 Å². The van der Waals surface area contributed by atoms with Gasteiger partial charge in [0.2, 0.25) is 0 Å². The maximum atomic E-state index is 12.7. The summed E-state index contributed by atoms with van der Waals surface area (Å²) < 4.78 is 3.23. The number of nitrogens with zero attached hydrogens (tertiary/aromatic N) is 5. The van der Waals surface area contributed by atoms with Gasteiger partial charge in [0, 0.05) is 25.0 Å². The van der Waals surface area contributed by atoms with E-state index in [9.17, 15) is 9.90 Å². The first-order valence-corrected chi connectivity index (χ1v) is 7.88. The normalized spacial score (nSPS) is 21.4. The van der Waals surface area contributed by atoms with Crippen LogP contribution in [0.2, 0.25) is 0 Å². The number of amides is 1. The smallest absolute Gasteiger partial charge is 0.272 e. The van der Waals surface area contributed by atoms with Crippen LogP contribution in [0.1, 0.15) is 34.9 Å². The summed E-state index contributed by atoms with van der Waals surface area (Å²) in [6, 6.07) is 3.38. The van der Waals surface area contributed by atoms with Gasteiger partial charge < -0.3 is 10.4 Å². The Bertz CT molecular complexity index is 879. The average molecular weight is 326 g/mol. The van der Waals surface area contributed by atoms with E-state index < -0.39 is 0 Å². The first-order chi connectivity index (χ1) is 11.6. The summed E-state index contributed by atoms with van der Waals surface area (Å²) in [5.41, 5.74) is 1.95. The van der Waals surface area contributed by atoms with Gasteiger partial charge in [0.25, 0.3) is 5.91 Å². The largest absolute Gasteiger partial charge is 0.393 e. The van der Waals surface area contributed by atoms with Crippen molar-refractivity contribution in [3.63, 3.8) is 0 Å². The molecule has 3 heterocycles. The number of fused-ring (bicyclic) bond motifs is 1. The van der Waals surface area contributed by atoms with Crippen molar-refractivity contribution < 1.29 is 9.90 Å². The Morgan fingerprint density at radius 2 is 2.21 bits per heavy atom. The van der Waals surface area contributed by atoms with Gasteiger partial charge in [0.1, 0.15) is 5.69 Å². The third-order valence-corrected chi connectivity index (χ3v) is 4.50. The molecule has 3 aromatic rings. The summed E-state index contributed by atoms with van der Waals surface area (Å²) in [5, 5.41) is 21.0. The molecule has 1 aliphatic carbocycles. The molecule has 0 radical (unpaired) electrons. The van der Waals surface area contributed by atoms with Crippen molar-refractivity contribution in [2.45, 2.75) is 25.0 Å². The molecule has 3 aromatic heterocycles. The molecule has 0 bridgehead atoms. The monoisotopic (exact) mass is 326 g/mol. The molecule has 24 heavy (non-hydrogen) atoms. The molecule has 0 saturated heterocycles. The summed E-state index contributed by atoms with van der Waals surface area (Å²) in [5.74, 6) is -0.0447. The van der Waals surface area contributed by atoms with Crippen LogP contribution in [0, 0.1) is 5.92 Å². The van der Waals surface area contributed by atoms with Crippen LogP contribution < -0.4 is 5.32 Å². The number of rotatable bonds is 4. The number of nitrogens with one attached hydrogen (secondary N) is 1. The highest BCUT2D eigenvalue weighted by atomic mass is 16.3. The number of aromatic nitrogens is 5. The van der Waals surface area contributed by atoms with Gasteiger partial charge in [-0.2, -0.15) is 10.2 Å². The summed E-state index contributed by atoms with van der Waals surface area (Å²) >= 11 is 0. The van der Waals surface area contributed by atoms with Crippen LogP contribution in [0.4, 0.5) is 0 Å². The second-order valence-corrected chi connectivity index (χ2v) is 6.22. The lowest BCUT2D eigenvalue weighted by molar-refractivity contribution is 0.0234. The molecule has 4 rings (SSSR count). The fraction of sp³-hybridized carbons (Fsp3) is 0.375. The van der Waals surface area contributed by atoms with E-state index in [1.54, 1.807) is 29.2 Å². The molecule has 2 N–H and O–H groups in total. The van der Waals surface area contributed by atoms with Crippen molar-refractivity contribution >= 4 is 11.6 Å². The Morgan fingerprint density at radius 3 is 2.92 bits per heavy atom. The molecule has 1 atom stereocenters. The second-order valence-electron chi connectivity index (χ2n) is 6.22. The first kappa shape index (κ1) is 14.8. The number of carbonyl (C=O) groups is 1. The van der Waals surface area contributed by atoms with Crippen molar-refractivity contribution in [3.05, 3.63) is 48.2 Å². The zero-order valence-corrected chi connectivity index (χ0v) is 13.2. The van der Waals surface area contributed by atoms with Crippen molar-refractivity contribution in [1.29, 1.82) is 0 Å². The fourth-order valence-corrected chi connectivity index (χ4v) is 3.18. The lowest BCUT2D eigenvalue weighted by Crippen LogP contribution is -2.41. The molecule has 1 saturated carbocycles. The van der Waals surface area contributed by atoms with E-state index in [1.807, 2.05) is 13.2 Å². The zero-order valence-electron chi connectivity index (χ0n) is 13.2. The van der Waals surface area contributed by atoms with Crippen LogP contribution in [0.5, 0.6) is 0 Å². The van der Waals surface area contributed by atoms with Crippen LogP contribution in [0.3, 0.4) is 0 Å². The first-order valence-electron chi connectivity index (χ1n) is 7.88. The molecule has 0 aromatic carbocycles. The van der Waals surface area contributed by atoms with Crippen LogP contribution in [0.25, 0.3) is 5.65 Å². The summed E-state index contributed by atoms with van der Waals surface area (Å²) in [6.07, 6.45) is 7.84. The fourth-order valence-electron chi connectivity index (χ4n) is 3.18. The van der Waals surface area contributed by atoms with E-state index in [-0.39, 0.29) is 24.0 Å². The van der Waals surface area contributed by atoms with Crippen molar-refractivity contribution in [1.82, 2.24) is 29.7 Å². The molecule has 0 aliphatic heterocycles. The predicted octanol–water partition coefficient (Wildman–Crippen LogP) is 0.705. The maximum Gasteiger partial charge on any atom is 0.272 e. The topological polar surface area (TPSA) is 97.3 Å². The van der Waals surface area contributed by atoms with Gasteiger partial charge in [-0.25, -0.2) is 9.50 Å². The lowest BCUT2D eigenvalue weighted by atomic mass is 9.75. The highest BCUT2D eigenvalue weighted by molar-refractivity contribution is 5.93. The van der Waals surface area contributed by atoms with Crippen molar-refractivity contribution in [2.75, 3.05) is 0 Å². The molecule has 124 valence electrons. The van der Waals surface area contributed by atoms with Gasteiger partial charge in [-0.05, 0) is 30.9 Å². The van der Waals surface area contributed by atoms with Gasteiger partial charge in [-0.1, -0.05) is 0 Å². The van der Waals surface area contributed by atoms with Crippen LogP contribution >= 0.6 is 0 Å². The number of aliphatic hydroxyl groups is 1. The zero-order chi connectivity index (χ0) is 16.7. The van der Waals surface area contributed by atoms with Crippen molar-refractivity contribution in [2.24, 2.45) is 13.0 Å². The molecule has 8 heteroatoms. The van der Waals surface area contributed by atoms with E-state index in [2.05, 4.69) is 20.5 Å². The minimum atomic E-state index is -0.288. The van der Waals surface area contributed by atoms with Gasteiger partial charge in [0.05, 0.1) is 24.5 Å². The number of carbonyl (C=O) groups excluding carboxylic acids is 1.